The Hall–Kier alpha value is -3.26. The standard InChI is InChI=1S/C23H25N3O4S/c1-30-22(29)17-10-8-9-16(15-17)20(27)25-23(31)24-19-12-5-4-11-18(19)21(28)26-13-6-2-3-7-14-26/h4-5,8-12,15H,2-3,6-7,13-14H2,1H3,(H2,24,25,27,31). The third-order valence-corrected chi connectivity index (χ3v) is 5.28. The van der Waals surface area contributed by atoms with Crippen LogP contribution in [0.2, 0.25) is 0 Å². The number of thiocarbonyl (C=S) groups is 1. The molecule has 0 saturated carbocycles. The van der Waals surface area contributed by atoms with E-state index in [-0.39, 0.29) is 22.1 Å². The maximum atomic E-state index is 13.0. The molecule has 0 aromatic heterocycles. The molecule has 2 aromatic rings. The summed E-state index contributed by atoms with van der Waals surface area (Å²) in [5.41, 5.74) is 1.57. The lowest BCUT2D eigenvalue weighted by Crippen LogP contribution is -2.36. The van der Waals surface area contributed by atoms with Crippen LogP contribution < -0.4 is 10.6 Å². The third kappa shape index (κ3) is 5.88. The summed E-state index contributed by atoms with van der Waals surface area (Å²) in [5, 5.41) is 5.60. The van der Waals surface area contributed by atoms with Crippen LogP contribution in [0.15, 0.2) is 48.5 Å². The van der Waals surface area contributed by atoms with Crippen LogP contribution in [0.4, 0.5) is 5.69 Å². The Morgan fingerprint density at radius 1 is 0.935 bits per heavy atom. The molecule has 0 bridgehead atoms. The minimum atomic E-state index is -0.531. The minimum Gasteiger partial charge on any atom is -0.465 e. The summed E-state index contributed by atoms with van der Waals surface area (Å²) < 4.78 is 4.68. The summed E-state index contributed by atoms with van der Waals surface area (Å²) in [5.74, 6) is -1.05. The van der Waals surface area contributed by atoms with Gasteiger partial charge in [-0.2, -0.15) is 0 Å². The maximum absolute atomic E-state index is 13.0. The molecule has 1 aliphatic rings. The molecule has 2 aromatic carbocycles. The zero-order valence-electron chi connectivity index (χ0n) is 17.3. The highest BCUT2D eigenvalue weighted by molar-refractivity contribution is 7.80. The predicted octanol–water partition coefficient (Wildman–Crippen LogP) is 3.62. The maximum Gasteiger partial charge on any atom is 0.337 e. The highest BCUT2D eigenvalue weighted by Crippen LogP contribution is 2.20. The smallest absolute Gasteiger partial charge is 0.337 e. The van der Waals surface area contributed by atoms with Crippen molar-refractivity contribution in [3.63, 3.8) is 0 Å². The Morgan fingerprint density at radius 2 is 1.61 bits per heavy atom. The number of benzene rings is 2. The van der Waals surface area contributed by atoms with Gasteiger partial charge in [-0.1, -0.05) is 31.0 Å². The fraction of sp³-hybridized carbons (Fsp3) is 0.304. The van der Waals surface area contributed by atoms with Gasteiger partial charge in [0.15, 0.2) is 5.11 Å². The van der Waals surface area contributed by atoms with Gasteiger partial charge in [-0.05, 0) is 55.4 Å². The van der Waals surface area contributed by atoms with Gasteiger partial charge in [-0.3, -0.25) is 14.9 Å². The van der Waals surface area contributed by atoms with Gasteiger partial charge in [0.05, 0.1) is 23.9 Å². The lowest BCUT2D eigenvalue weighted by atomic mass is 10.1. The molecule has 0 radical (unpaired) electrons. The zero-order chi connectivity index (χ0) is 22.2. The van der Waals surface area contributed by atoms with Gasteiger partial charge in [0.25, 0.3) is 11.8 Å². The summed E-state index contributed by atoms with van der Waals surface area (Å²) in [4.78, 5) is 39.1. The number of carbonyl (C=O) groups is 3. The normalized spacial score (nSPS) is 13.6. The fourth-order valence-corrected chi connectivity index (χ4v) is 3.66. The number of nitrogens with one attached hydrogen (secondary N) is 2. The van der Waals surface area contributed by atoms with Gasteiger partial charge < -0.3 is 15.0 Å². The fourth-order valence-electron chi connectivity index (χ4n) is 3.46. The van der Waals surface area contributed by atoms with Crippen molar-refractivity contribution in [1.29, 1.82) is 0 Å². The van der Waals surface area contributed by atoms with Crippen molar-refractivity contribution in [2.24, 2.45) is 0 Å². The predicted molar refractivity (Wildman–Crippen MR) is 122 cm³/mol. The van der Waals surface area contributed by atoms with E-state index in [9.17, 15) is 14.4 Å². The van der Waals surface area contributed by atoms with Crippen molar-refractivity contribution in [3.05, 3.63) is 65.2 Å². The Labute approximate surface area is 186 Å². The molecule has 1 fully saturated rings. The van der Waals surface area contributed by atoms with Gasteiger partial charge >= 0.3 is 5.97 Å². The van der Waals surface area contributed by atoms with Crippen LogP contribution in [0.3, 0.4) is 0 Å². The highest BCUT2D eigenvalue weighted by atomic mass is 32.1. The van der Waals surface area contributed by atoms with E-state index in [0.29, 0.717) is 11.3 Å². The summed E-state index contributed by atoms with van der Waals surface area (Å²) in [6.07, 6.45) is 4.27. The molecule has 2 N–H and O–H groups in total. The van der Waals surface area contributed by atoms with Crippen LogP contribution in [0.1, 0.15) is 56.8 Å². The Balaban J connectivity index is 1.69. The van der Waals surface area contributed by atoms with Crippen LogP contribution in [0.5, 0.6) is 0 Å². The van der Waals surface area contributed by atoms with Crippen molar-refractivity contribution >= 4 is 40.8 Å². The lowest BCUT2D eigenvalue weighted by Gasteiger charge is -2.22. The first-order valence-corrected chi connectivity index (χ1v) is 10.6. The SMILES string of the molecule is COC(=O)c1cccc(C(=O)NC(=S)Nc2ccccc2C(=O)N2CCCCCC2)c1. The van der Waals surface area contributed by atoms with E-state index in [4.69, 9.17) is 12.2 Å². The zero-order valence-corrected chi connectivity index (χ0v) is 18.2. The van der Waals surface area contributed by atoms with Crippen molar-refractivity contribution in [1.82, 2.24) is 10.2 Å². The van der Waals surface area contributed by atoms with Crippen molar-refractivity contribution in [2.75, 3.05) is 25.5 Å². The van der Waals surface area contributed by atoms with Gasteiger partial charge in [0, 0.05) is 18.7 Å². The molecule has 162 valence electrons. The van der Waals surface area contributed by atoms with E-state index in [1.807, 2.05) is 4.90 Å². The molecule has 0 spiro atoms. The van der Waals surface area contributed by atoms with E-state index >= 15 is 0 Å². The molecule has 3 rings (SSSR count). The van der Waals surface area contributed by atoms with Crippen molar-refractivity contribution < 1.29 is 19.1 Å². The minimum absolute atomic E-state index is 0.0510. The van der Waals surface area contributed by atoms with Gasteiger partial charge in [0.2, 0.25) is 0 Å². The number of hydrogen-bond donors (Lipinski definition) is 2. The summed E-state index contributed by atoms with van der Waals surface area (Å²) in [6.45, 7) is 1.48. The Morgan fingerprint density at radius 3 is 2.32 bits per heavy atom. The number of rotatable bonds is 4. The van der Waals surface area contributed by atoms with Crippen LogP contribution in [0, 0.1) is 0 Å². The molecule has 1 saturated heterocycles. The topological polar surface area (TPSA) is 87.7 Å². The molecule has 31 heavy (non-hydrogen) atoms. The first-order chi connectivity index (χ1) is 15.0. The summed E-state index contributed by atoms with van der Waals surface area (Å²) >= 11 is 5.28. The number of nitrogens with zero attached hydrogens (tertiary/aromatic N) is 1. The first-order valence-electron chi connectivity index (χ1n) is 10.2. The number of para-hydroxylation sites is 1. The molecule has 0 atom stereocenters. The Bertz CT molecular complexity index is 984. The van der Waals surface area contributed by atoms with Gasteiger partial charge in [-0.15, -0.1) is 0 Å². The largest absolute Gasteiger partial charge is 0.465 e. The summed E-state index contributed by atoms with van der Waals surface area (Å²) in [6, 6.07) is 13.3. The second-order valence-electron chi connectivity index (χ2n) is 7.23. The van der Waals surface area contributed by atoms with E-state index in [2.05, 4.69) is 15.4 Å². The average Bonchev–Trinajstić information content (AvgIpc) is 3.08. The molecule has 0 unspecified atom stereocenters. The molecule has 1 heterocycles. The number of amides is 2. The lowest BCUT2D eigenvalue weighted by molar-refractivity contribution is 0.0600. The number of esters is 1. The van der Waals surface area contributed by atoms with Gasteiger partial charge in [-0.25, -0.2) is 4.79 Å². The molecule has 0 aliphatic carbocycles. The van der Waals surface area contributed by atoms with Crippen molar-refractivity contribution in [2.45, 2.75) is 25.7 Å². The van der Waals surface area contributed by atoms with Crippen LogP contribution >= 0.6 is 12.2 Å². The van der Waals surface area contributed by atoms with E-state index < -0.39 is 11.9 Å². The Kier molecular flexibility index (Phi) is 7.72. The number of methoxy groups -OCH3 is 1. The molecule has 1 aliphatic heterocycles. The van der Waals surface area contributed by atoms with E-state index in [1.54, 1.807) is 42.5 Å². The number of ether oxygens (including phenoxy) is 1. The van der Waals surface area contributed by atoms with Crippen molar-refractivity contribution in [3.8, 4) is 0 Å². The second-order valence-corrected chi connectivity index (χ2v) is 7.64. The number of carbonyl (C=O) groups excluding carboxylic acids is 3. The average molecular weight is 440 g/mol. The number of likely N-dealkylation sites (tertiary alicyclic amines) is 1. The monoisotopic (exact) mass is 439 g/mol. The molecular weight excluding hydrogens is 414 g/mol. The van der Waals surface area contributed by atoms with E-state index in [0.717, 1.165) is 38.8 Å². The summed E-state index contributed by atoms with van der Waals surface area (Å²) in [7, 11) is 1.28. The van der Waals surface area contributed by atoms with E-state index in [1.165, 1.54) is 13.2 Å². The van der Waals surface area contributed by atoms with Crippen LogP contribution in [0.25, 0.3) is 0 Å². The molecule has 2 amide bonds. The van der Waals surface area contributed by atoms with Crippen LogP contribution in [-0.2, 0) is 4.74 Å². The quantitative estimate of drug-likeness (QED) is 0.559. The van der Waals surface area contributed by atoms with Gasteiger partial charge in [0.1, 0.15) is 0 Å². The van der Waals surface area contributed by atoms with Crippen LogP contribution in [-0.4, -0.2) is 48.0 Å². The first kappa shape index (κ1) is 22.4. The number of hydrogen-bond acceptors (Lipinski definition) is 5. The second kappa shape index (κ2) is 10.7. The highest BCUT2D eigenvalue weighted by Gasteiger charge is 2.20. The third-order valence-electron chi connectivity index (χ3n) is 5.07. The number of anilines is 1. The molecular formula is C23H25N3O4S. The molecule has 7 nitrogen and oxygen atoms in total. The molecule has 8 heteroatoms.